The summed E-state index contributed by atoms with van der Waals surface area (Å²) in [5.41, 5.74) is 0.637. The number of hydrogen-bond donors (Lipinski definition) is 1. The molecule has 29 heavy (non-hydrogen) atoms. The summed E-state index contributed by atoms with van der Waals surface area (Å²) in [6.45, 7) is -0.201. The van der Waals surface area contributed by atoms with Crippen LogP contribution in [0.4, 0.5) is 5.69 Å². The monoisotopic (exact) mass is 395 g/mol. The summed E-state index contributed by atoms with van der Waals surface area (Å²) in [6.07, 6.45) is -0.945. The van der Waals surface area contributed by atoms with Crippen LogP contribution < -0.4 is 9.47 Å². The Bertz CT molecular complexity index is 1120. The highest BCUT2D eigenvalue weighted by atomic mass is 16.6. The lowest BCUT2D eigenvalue weighted by Gasteiger charge is -2.23. The Morgan fingerprint density at radius 1 is 1.17 bits per heavy atom. The molecule has 0 aliphatic carbocycles. The summed E-state index contributed by atoms with van der Waals surface area (Å²) >= 11 is 0. The van der Waals surface area contributed by atoms with E-state index in [4.69, 9.17) is 9.47 Å². The number of methoxy groups -OCH3 is 1. The second-order valence-electron chi connectivity index (χ2n) is 6.25. The number of esters is 1. The highest BCUT2D eigenvalue weighted by Crippen LogP contribution is 2.39. The van der Waals surface area contributed by atoms with Gasteiger partial charge in [0.1, 0.15) is 13.2 Å². The third kappa shape index (κ3) is 3.49. The van der Waals surface area contributed by atoms with Crippen molar-refractivity contribution in [2.45, 2.75) is 12.6 Å². The molecule has 0 radical (unpaired) electrons. The van der Waals surface area contributed by atoms with Crippen molar-refractivity contribution in [3.05, 3.63) is 48.5 Å². The lowest BCUT2D eigenvalue weighted by molar-refractivity contribution is -0.141. The maximum atomic E-state index is 12.4. The van der Waals surface area contributed by atoms with Crippen LogP contribution in [0.3, 0.4) is 0 Å². The number of benzene rings is 2. The molecule has 0 bridgehead atoms. The van der Waals surface area contributed by atoms with E-state index in [1.807, 2.05) is 0 Å². The molecule has 9 heteroatoms. The number of para-hydroxylation sites is 3. The average Bonchev–Trinajstić information content (AvgIpc) is 3.02. The summed E-state index contributed by atoms with van der Waals surface area (Å²) in [5, 5.41) is 18.7. The van der Waals surface area contributed by atoms with Gasteiger partial charge in [-0.2, -0.15) is 0 Å². The van der Waals surface area contributed by atoms with Crippen LogP contribution >= 0.6 is 0 Å². The molecule has 0 spiro atoms. The summed E-state index contributed by atoms with van der Waals surface area (Å²) in [4.78, 5) is 24.1. The summed E-state index contributed by atoms with van der Waals surface area (Å²) in [6, 6.07) is 13.9. The number of amides is 1. The van der Waals surface area contributed by atoms with Crippen LogP contribution in [0.15, 0.2) is 58.8 Å². The molecule has 0 fully saturated rings. The summed E-state index contributed by atoms with van der Waals surface area (Å²) in [5.74, 6) is -0.475. The van der Waals surface area contributed by atoms with E-state index in [1.165, 1.54) is 11.7 Å². The van der Waals surface area contributed by atoms with Gasteiger partial charge < -0.3 is 19.3 Å². The molecule has 3 aromatic rings. The van der Waals surface area contributed by atoms with Crippen molar-refractivity contribution in [3.63, 3.8) is 0 Å². The fourth-order valence-corrected chi connectivity index (χ4v) is 3.03. The topological polar surface area (TPSA) is 112 Å². The van der Waals surface area contributed by atoms with Gasteiger partial charge in [0.2, 0.25) is 12.0 Å². The second kappa shape index (κ2) is 7.63. The Morgan fingerprint density at radius 2 is 1.90 bits per heavy atom. The number of rotatable bonds is 4. The zero-order chi connectivity index (χ0) is 20.4. The lowest BCUT2D eigenvalue weighted by Crippen LogP contribution is -2.35. The quantitative estimate of drug-likeness (QED) is 0.537. The molecule has 0 saturated carbocycles. The van der Waals surface area contributed by atoms with E-state index >= 15 is 0 Å². The number of carbonyl (C=O) groups is 2. The maximum Gasteiger partial charge on any atom is 0.325 e. The third-order valence-electron chi connectivity index (χ3n) is 4.46. The van der Waals surface area contributed by atoms with Gasteiger partial charge in [0.15, 0.2) is 17.2 Å². The normalized spacial score (nSPS) is 15.6. The molecule has 9 nitrogen and oxygen atoms in total. The fourth-order valence-electron chi connectivity index (χ4n) is 3.03. The van der Waals surface area contributed by atoms with Gasteiger partial charge in [-0.25, -0.2) is 0 Å². The maximum absolute atomic E-state index is 12.4. The fraction of sp³-hybridized carbons (Fsp3) is 0.200. The number of hydrogen-bond acceptors (Lipinski definition) is 7. The van der Waals surface area contributed by atoms with E-state index in [1.54, 1.807) is 48.5 Å². The lowest BCUT2D eigenvalue weighted by atomic mass is 10.2. The number of nitrogens with zero attached hydrogens (tertiary/aromatic N) is 3. The molecule has 1 N–H and O–H groups in total. The molecule has 2 aromatic carbocycles. The molecular weight excluding hydrogens is 378 g/mol. The van der Waals surface area contributed by atoms with Gasteiger partial charge in [-0.15, -0.1) is 10.2 Å². The minimum absolute atomic E-state index is 0.00491. The van der Waals surface area contributed by atoms with E-state index in [0.717, 1.165) is 0 Å². The van der Waals surface area contributed by atoms with E-state index in [0.29, 0.717) is 22.4 Å². The molecule has 0 saturated heterocycles. The summed E-state index contributed by atoms with van der Waals surface area (Å²) in [7, 11) is 1.26. The van der Waals surface area contributed by atoms with Crippen molar-refractivity contribution in [1.82, 2.24) is 4.57 Å². The number of carbonyl (C=O) groups excluding carboxylic acids is 2. The van der Waals surface area contributed by atoms with Crippen LogP contribution in [-0.4, -0.2) is 41.4 Å². The first-order valence-electron chi connectivity index (χ1n) is 8.79. The Hall–Kier alpha value is -3.88. The molecule has 1 aliphatic heterocycles. The minimum Gasteiger partial charge on any atom is -0.493 e. The van der Waals surface area contributed by atoms with Crippen molar-refractivity contribution in [2.75, 3.05) is 13.7 Å². The van der Waals surface area contributed by atoms with Gasteiger partial charge >= 0.3 is 11.9 Å². The number of azo groups is 1. The Balaban J connectivity index is 1.61. The number of ether oxygens (including phenoxy) is 3. The van der Waals surface area contributed by atoms with Crippen molar-refractivity contribution < 1.29 is 28.9 Å². The van der Waals surface area contributed by atoms with Gasteiger partial charge in [-0.1, -0.05) is 30.3 Å². The second-order valence-corrected chi connectivity index (χ2v) is 6.25. The minimum atomic E-state index is -0.945. The molecule has 1 amide bonds. The van der Waals surface area contributed by atoms with Crippen molar-refractivity contribution in [3.8, 4) is 17.4 Å². The number of fused-ring (bicyclic) bond motifs is 2. The van der Waals surface area contributed by atoms with E-state index in [9.17, 15) is 14.7 Å². The number of aromatic hydroxyl groups is 1. The SMILES string of the molecule is COC(=O)Cn1c(O)c(N=NC(=O)[C@@H]2COc3ccccc3O2)c2ccccc21. The first-order valence-corrected chi connectivity index (χ1v) is 8.79. The van der Waals surface area contributed by atoms with Gasteiger partial charge in [0.25, 0.3) is 0 Å². The standard InChI is InChI=1S/C20H17N3O6/c1-27-17(24)10-23-13-7-3-2-6-12(13)18(20(23)26)21-22-19(25)16-11-28-14-8-4-5-9-15(14)29-16/h2-9,16,26H,10-11H2,1H3/t16-/m0/s1. The first-order chi connectivity index (χ1) is 14.1. The van der Waals surface area contributed by atoms with Crippen LogP contribution in [0.25, 0.3) is 10.9 Å². The van der Waals surface area contributed by atoms with Gasteiger partial charge in [-0.3, -0.25) is 14.2 Å². The highest BCUT2D eigenvalue weighted by molar-refractivity contribution is 5.96. The van der Waals surface area contributed by atoms with Gasteiger partial charge in [0.05, 0.1) is 12.6 Å². The average molecular weight is 395 g/mol. The van der Waals surface area contributed by atoms with Crippen molar-refractivity contribution >= 4 is 28.5 Å². The first kappa shape index (κ1) is 18.5. The molecule has 2 heterocycles. The largest absolute Gasteiger partial charge is 0.493 e. The molecule has 148 valence electrons. The predicted octanol–water partition coefficient (Wildman–Crippen LogP) is 2.97. The van der Waals surface area contributed by atoms with Crippen LogP contribution in [0.5, 0.6) is 17.4 Å². The Labute approximate surface area is 165 Å². The molecular formula is C20H17N3O6. The zero-order valence-electron chi connectivity index (χ0n) is 15.4. The van der Waals surface area contributed by atoms with Crippen LogP contribution in [-0.2, 0) is 20.9 Å². The molecule has 1 aliphatic rings. The zero-order valence-corrected chi connectivity index (χ0v) is 15.4. The summed E-state index contributed by atoms with van der Waals surface area (Å²) < 4.78 is 17.1. The van der Waals surface area contributed by atoms with Gasteiger partial charge in [0, 0.05) is 5.39 Å². The Morgan fingerprint density at radius 3 is 2.69 bits per heavy atom. The molecule has 1 aromatic heterocycles. The van der Waals surface area contributed by atoms with E-state index in [2.05, 4.69) is 15.0 Å². The molecule has 4 rings (SSSR count). The van der Waals surface area contributed by atoms with Crippen LogP contribution in [0.1, 0.15) is 0 Å². The molecule has 0 unspecified atom stereocenters. The third-order valence-corrected chi connectivity index (χ3v) is 4.46. The van der Waals surface area contributed by atoms with Crippen molar-refractivity contribution in [1.29, 1.82) is 0 Å². The van der Waals surface area contributed by atoms with Gasteiger partial charge in [-0.05, 0) is 18.2 Å². The Kier molecular flexibility index (Phi) is 4.86. The van der Waals surface area contributed by atoms with Crippen LogP contribution in [0.2, 0.25) is 0 Å². The van der Waals surface area contributed by atoms with E-state index in [-0.39, 0.29) is 24.7 Å². The smallest absolute Gasteiger partial charge is 0.325 e. The van der Waals surface area contributed by atoms with Crippen molar-refractivity contribution in [2.24, 2.45) is 10.2 Å². The predicted molar refractivity (Wildman–Crippen MR) is 101 cm³/mol. The number of aromatic nitrogens is 1. The van der Waals surface area contributed by atoms with E-state index < -0.39 is 18.0 Å². The highest BCUT2D eigenvalue weighted by Gasteiger charge is 2.28. The van der Waals surface area contributed by atoms with Crippen LogP contribution in [0, 0.1) is 0 Å². The molecule has 1 atom stereocenters.